The van der Waals surface area contributed by atoms with E-state index in [-0.39, 0.29) is 24.8 Å². The first-order chi connectivity index (χ1) is 7.92. The first-order valence-electron chi connectivity index (χ1n) is 5.30. The molecule has 0 saturated carbocycles. The van der Waals surface area contributed by atoms with Gasteiger partial charge < -0.3 is 24.8 Å². The molecule has 0 N–H and O–H groups in total. The molecule has 2 nitrogen and oxygen atoms in total. The summed E-state index contributed by atoms with van der Waals surface area (Å²) in [5.41, 5.74) is 0. The van der Waals surface area contributed by atoms with Crippen molar-refractivity contribution in [3.63, 3.8) is 0 Å². The van der Waals surface area contributed by atoms with Crippen molar-refractivity contribution < 1.29 is 40.9 Å². The summed E-state index contributed by atoms with van der Waals surface area (Å²) < 4.78 is 2.69. The molecule has 0 radical (unpaired) electrons. The Hall–Kier alpha value is -0.432. The predicted molar refractivity (Wildman–Crippen MR) is 62.0 cm³/mol. The van der Waals surface area contributed by atoms with E-state index in [1.807, 2.05) is 24.5 Å². The second-order valence-corrected chi connectivity index (χ2v) is 13.1. The second kappa shape index (κ2) is 6.65. The Morgan fingerprint density at radius 2 is 1.28 bits per heavy atom. The molecule has 3 heterocycles. The zero-order valence-corrected chi connectivity index (χ0v) is 13.5. The molecule has 1 aliphatic heterocycles. The minimum absolute atomic E-state index is 0. The third-order valence-electron chi connectivity index (χ3n) is 2.60. The van der Waals surface area contributed by atoms with Crippen LogP contribution in [-0.2, 0) is 16.1 Å². The predicted octanol–water partition coefficient (Wildman–Crippen LogP) is -4.17. The van der Waals surface area contributed by atoms with Crippen molar-refractivity contribution in [2.45, 2.75) is 16.0 Å². The SMILES string of the molecule is [Cl-].[Cl-].c1cc[c]([Pt+2]2([c]3ccccn3)[CH2]C[CH2]2)nc1. The van der Waals surface area contributed by atoms with Crippen LogP contribution in [0.4, 0.5) is 0 Å². The van der Waals surface area contributed by atoms with Gasteiger partial charge >= 0.3 is 99.0 Å². The van der Waals surface area contributed by atoms with Crippen LogP contribution in [0.25, 0.3) is 0 Å². The van der Waals surface area contributed by atoms with Crippen LogP contribution in [0.3, 0.4) is 0 Å². The van der Waals surface area contributed by atoms with Crippen molar-refractivity contribution >= 4 is 8.17 Å². The molecule has 0 spiro atoms. The van der Waals surface area contributed by atoms with Crippen LogP contribution in [0.5, 0.6) is 0 Å². The molecular weight excluding hydrogens is 450 g/mol. The zero-order chi connectivity index (χ0) is 10.8. The first-order valence-corrected chi connectivity index (χ1v) is 10.8. The first kappa shape index (κ1) is 15.6. The van der Waals surface area contributed by atoms with E-state index >= 15 is 0 Å². The number of rotatable bonds is 2. The van der Waals surface area contributed by atoms with E-state index in [1.54, 1.807) is 0 Å². The molecular formula is C13H14Cl2N2Pt. The summed E-state index contributed by atoms with van der Waals surface area (Å²) in [6, 6.07) is 12.6. The maximum atomic E-state index is 4.59. The van der Waals surface area contributed by atoms with Crippen molar-refractivity contribution in [3.05, 3.63) is 48.8 Å². The summed E-state index contributed by atoms with van der Waals surface area (Å²) in [6.07, 6.45) is 5.19. The van der Waals surface area contributed by atoms with Gasteiger partial charge in [-0.05, 0) is 0 Å². The van der Waals surface area contributed by atoms with E-state index in [4.69, 9.17) is 0 Å². The molecule has 2 aromatic rings. The molecule has 0 amide bonds. The Morgan fingerprint density at radius 3 is 1.56 bits per heavy atom. The number of aromatic nitrogens is 2. The Kier molecular flexibility index (Phi) is 5.78. The Balaban J connectivity index is 0.000000810. The quantitative estimate of drug-likeness (QED) is 0.451. The number of hydrogen-bond donors (Lipinski definition) is 0. The van der Waals surface area contributed by atoms with E-state index in [9.17, 15) is 0 Å². The average molecular weight is 464 g/mol. The van der Waals surface area contributed by atoms with Crippen LogP contribution in [0, 0.1) is 0 Å². The molecule has 0 aliphatic carbocycles. The molecule has 0 atom stereocenters. The Morgan fingerprint density at radius 1 is 0.778 bits per heavy atom. The van der Waals surface area contributed by atoms with Crippen molar-refractivity contribution in [1.29, 1.82) is 0 Å². The zero-order valence-electron chi connectivity index (χ0n) is 9.71. The van der Waals surface area contributed by atoms with E-state index in [0.29, 0.717) is 0 Å². The summed E-state index contributed by atoms with van der Waals surface area (Å²) in [6.45, 7) is 0. The fourth-order valence-corrected chi connectivity index (χ4v) is 10.4. The molecule has 1 saturated heterocycles. The molecule has 18 heavy (non-hydrogen) atoms. The summed E-state index contributed by atoms with van der Waals surface area (Å²) >= 11 is -2.00. The molecule has 0 aromatic carbocycles. The molecule has 2 aromatic heterocycles. The van der Waals surface area contributed by atoms with Crippen molar-refractivity contribution in [2.75, 3.05) is 0 Å². The van der Waals surface area contributed by atoms with Gasteiger partial charge in [-0.3, -0.25) is 0 Å². The van der Waals surface area contributed by atoms with E-state index in [1.165, 1.54) is 24.2 Å². The topological polar surface area (TPSA) is 25.8 Å². The van der Waals surface area contributed by atoms with Gasteiger partial charge in [0.2, 0.25) is 0 Å². The maximum absolute atomic E-state index is 4.59. The summed E-state index contributed by atoms with van der Waals surface area (Å²) in [5, 5.41) is 0. The van der Waals surface area contributed by atoms with Gasteiger partial charge in [-0.1, -0.05) is 0 Å². The molecule has 3 rings (SSSR count). The van der Waals surface area contributed by atoms with Crippen molar-refractivity contribution in [3.8, 4) is 0 Å². The normalized spacial score (nSPS) is 17.6. The second-order valence-electron chi connectivity index (χ2n) is 3.60. The number of nitrogens with zero attached hydrogens (tertiary/aromatic N) is 2. The molecule has 1 aliphatic rings. The van der Waals surface area contributed by atoms with Crippen LogP contribution in [0.15, 0.2) is 48.8 Å². The third kappa shape index (κ3) is 2.61. The van der Waals surface area contributed by atoms with Crippen LogP contribution in [-0.4, -0.2) is 9.97 Å². The average Bonchev–Trinajstić information content (AvgIpc) is 2.31. The number of pyridine rings is 2. The molecule has 0 bridgehead atoms. The molecule has 0 unspecified atom stereocenters. The third-order valence-corrected chi connectivity index (χ3v) is 13.9. The summed E-state index contributed by atoms with van der Waals surface area (Å²) in [4.78, 5) is 11.9. The summed E-state index contributed by atoms with van der Waals surface area (Å²) in [7, 11) is 0. The standard InChI is InChI=1S/2C5H4N.C3H6.2ClH.Pt/c2*1-2-4-6-5-3-1;1-3-2;;;/h2*1-4H;1-3H2;2*1H;/q;;;;;+2/p-2. The Bertz CT molecular complexity index is 433. The molecule has 100 valence electrons. The van der Waals surface area contributed by atoms with Crippen molar-refractivity contribution in [2.24, 2.45) is 0 Å². The van der Waals surface area contributed by atoms with Gasteiger partial charge in [0.25, 0.3) is 0 Å². The van der Waals surface area contributed by atoms with Gasteiger partial charge in [0.15, 0.2) is 0 Å². The van der Waals surface area contributed by atoms with Crippen LogP contribution in [0.1, 0.15) is 6.42 Å². The van der Waals surface area contributed by atoms with Gasteiger partial charge in [-0.25, -0.2) is 0 Å². The molecule has 5 heteroatoms. The molecule has 1 fully saturated rings. The summed E-state index contributed by atoms with van der Waals surface area (Å²) in [5.74, 6) is 0. The number of hydrogen-bond acceptors (Lipinski definition) is 2. The van der Waals surface area contributed by atoms with Gasteiger partial charge in [0, 0.05) is 0 Å². The van der Waals surface area contributed by atoms with Crippen LogP contribution < -0.4 is 33.0 Å². The van der Waals surface area contributed by atoms with Gasteiger partial charge in [-0.2, -0.15) is 0 Å². The van der Waals surface area contributed by atoms with Crippen LogP contribution >= 0.6 is 0 Å². The minimum atomic E-state index is -2.00. The van der Waals surface area contributed by atoms with Gasteiger partial charge in [0.1, 0.15) is 0 Å². The fourth-order valence-electron chi connectivity index (χ4n) is 1.76. The fraction of sp³-hybridized carbons (Fsp3) is 0.231. The van der Waals surface area contributed by atoms with E-state index in [0.717, 1.165) is 0 Å². The number of halogens is 2. The van der Waals surface area contributed by atoms with Crippen molar-refractivity contribution in [1.82, 2.24) is 9.97 Å². The monoisotopic (exact) mass is 463 g/mol. The van der Waals surface area contributed by atoms with E-state index < -0.39 is 16.1 Å². The van der Waals surface area contributed by atoms with Gasteiger partial charge in [0.05, 0.1) is 0 Å². The Labute approximate surface area is 123 Å². The van der Waals surface area contributed by atoms with Crippen LogP contribution in [0.2, 0.25) is 9.62 Å². The van der Waals surface area contributed by atoms with E-state index in [2.05, 4.69) is 34.2 Å². The van der Waals surface area contributed by atoms with Gasteiger partial charge in [-0.15, -0.1) is 0 Å².